The third-order valence-electron chi connectivity index (χ3n) is 6.80. The zero-order chi connectivity index (χ0) is 22.5. The zero-order valence-electron chi connectivity index (χ0n) is 18.6. The largest absolute Gasteiger partial charge is 0.342 e. The molecule has 1 saturated carbocycles. The predicted molar refractivity (Wildman–Crippen MR) is 124 cm³/mol. The van der Waals surface area contributed by atoms with Crippen molar-refractivity contribution in [1.29, 1.82) is 0 Å². The molecule has 1 aliphatic heterocycles. The van der Waals surface area contributed by atoms with Gasteiger partial charge in [0.25, 0.3) is 0 Å². The molecular formula is C24H32ClN5O2. The molecular weight excluding hydrogens is 426 g/mol. The SMILES string of the molecule is Cn1nccc1CC(=O)N1CCC(NC(=O)NC(c2cccc(Cl)c2)C2CCCC2)CC1. The van der Waals surface area contributed by atoms with E-state index in [0.29, 0.717) is 30.5 Å². The molecule has 32 heavy (non-hydrogen) atoms. The van der Waals surface area contributed by atoms with E-state index in [9.17, 15) is 9.59 Å². The number of piperidine rings is 1. The summed E-state index contributed by atoms with van der Waals surface area (Å²) < 4.78 is 1.73. The summed E-state index contributed by atoms with van der Waals surface area (Å²) in [5.41, 5.74) is 1.98. The molecule has 0 spiro atoms. The van der Waals surface area contributed by atoms with Crippen LogP contribution in [0.2, 0.25) is 5.02 Å². The summed E-state index contributed by atoms with van der Waals surface area (Å²) in [6, 6.07) is 9.57. The number of amides is 3. The third kappa shape index (κ3) is 5.63. The Labute approximate surface area is 194 Å². The highest BCUT2D eigenvalue weighted by molar-refractivity contribution is 6.30. The van der Waals surface area contributed by atoms with E-state index in [-0.39, 0.29) is 24.0 Å². The average molecular weight is 458 g/mol. The van der Waals surface area contributed by atoms with Gasteiger partial charge in [-0.05, 0) is 55.4 Å². The molecule has 3 amide bonds. The van der Waals surface area contributed by atoms with Crippen molar-refractivity contribution in [2.24, 2.45) is 13.0 Å². The maximum Gasteiger partial charge on any atom is 0.315 e. The van der Waals surface area contributed by atoms with Gasteiger partial charge in [-0.1, -0.05) is 36.6 Å². The fourth-order valence-corrected chi connectivity index (χ4v) is 5.15. The van der Waals surface area contributed by atoms with Gasteiger partial charge in [-0.15, -0.1) is 0 Å². The quantitative estimate of drug-likeness (QED) is 0.691. The first-order valence-electron chi connectivity index (χ1n) is 11.6. The van der Waals surface area contributed by atoms with Crippen molar-refractivity contribution in [2.75, 3.05) is 13.1 Å². The van der Waals surface area contributed by atoms with Gasteiger partial charge in [-0.2, -0.15) is 5.10 Å². The van der Waals surface area contributed by atoms with Gasteiger partial charge in [0.05, 0.1) is 12.5 Å². The van der Waals surface area contributed by atoms with Crippen molar-refractivity contribution in [2.45, 2.75) is 57.0 Å². The second kappa shape index (κ2) is 10.4. The minimum Gasteiger partial charge on any atom is -0.342 e. The Bertz CT molecular complexity index is 932. The van der Waals surface area contributed by atoms with Gasteiger partial charge in [0.2, 0.25) is 5.91 Å². The molecule has 1 unspecified atom stereocenters. The summed E-state index contributed by atoms with van der Waals surface area (Å²) in [6.45, 7) is 1.31. The summed E-state index contributed by atoms with van der Waals surface area (Å²) in [7, 11) is 1.85. The number of carbonyl (C=O) groups is 2. The van der Waals surface area contributed by atoms with Crippen LogP contribution in [-0.4, -0.2) is 45.8 Å². The van der Waals surface area contributed by atoms with Crippen LogP contribution < -0.4 is 10.6 Å². The number of urea groups is 1. The monoisotopic (exact) mass is 457 g/mol. The molecule has 7 nitrogen and oxygen atoms in total. The molecule has 1 aliphatic carbocycles. The van der Waals surface area contributed by atoms with E-state index in [1.54, 1.807) is 10.9 Å². The van der Waals surface area contributed by atoms with E-state index in [4.69, 9.17) is 11.6 Å². The number of hydrogen-bond acceptors (Lipinski definition) is 3. The first kappa shape index (κ1) is 22.6. The lowest BCUT2D eigenvalue weighted by atomic mass is 9.91. The number of likely N-dealkylation sites (tertiary alicyclic amines) is 1. The standard InChI is InChI=1S/C24H32ClN5O2/c1-29-21(9-12-26-29)16-22(31)30-13-10-20(11-14-30)27-24(32)28-23(17-5-2-3-6-17)18-7-4-8-19(25)15-18/h4,7-9,12,15,17,20,23H,2-3,5-6,10-11,13-14,16H2,1H3,(H2,27,28,32). The second-order valence-corrected chi connectivity index (χ2v) is 9.41. The van der Waals surface area contributed by atoms with Crippen LogP contribution in [0.25, 0.3) is 0 Å². The summed E-state index contributed by atoms with van der Waals surface area (Å²) >= 11 is 6.21. The van der Waals surface area contributed by atoms with Gasteiger partial charge in [-0.3, -0.25) is 9.48 Å². The fraction of sp³-hybridized carbons (Fsp3) is 0.542. The number of nitrogens with zero attached hydrogens (tertiary/aromatic N) is 3. The summed E-state index contributed by atoms with van der Waals surface area (Å²) in [4.78, 5) is 27.3. The molecule has 8 heteroatoms. The lowest BCUT2D eigenvalue weighted by Gasteiger charge is -2.33. The molecule has 0 radical (unpaired) electrons. The van der Waals surface area contributed by atoms with Crippen LogP contribution >= 0.6 is 11.6 Å². The Hall–Kier alpha value is -2.54. The Morgan fingerprint density at radius 2 is 1.91 bits per heavy atom. The zero-order valence-corrected chi connectivity index (χ0v) is 19.4. The minimum atomic E-state index is -0.137. The van der Waals surface area contributed by atoms with E-state index >= 15 is 0 Å². The van der Waals surface area contributed by atoms with Crippen LogP contribution in [0.3, 0.4) is 0 Å². The summed E-state index contributed by atoms with van der Waals surface area (Å²) in [5, 5.41) is 11.2. The molecule has 2 aromatic rings. The summed E-state index contributed by atoms with van der Waals surface area (Å²) in [5.74, 6) is 0.546. The Kier molecular flexibility index (Phi) is 7.35. The van der Waals surface area contributed by atoms with Gasteiger partial charge in [0.15, 0.2) is 0 Å². The van der Waals surface area contributed by atoms with Crippen molar-refractivity contribution in [1.82, 2.24) is 25.3 Å². The number of halogens is 1. The number of nitrogens with one attached hydrogen (secondary N) is 2. The highest BCUT2D eigenvalue weighted by Crippen LogP contribution is 2.36. The molecule has 172 valence electrons. The first-order chi connectivity index (χ1) is 15.5. The van der Waals surface area contributed by atoms with Crippen LogP contribution in [-0.2, 0) is 18.3 Å². The van der Waals surface area contributed by atoms with Crippen LogP contribution in [0.4, 0.5) is 4.79 Å². The Morgan fingerprint density at radius 1 is 1.16 bits per heavy atom. The fourth-order valence-electron chi connectivity index (χ4n) is 4.95. The molecule has 4 rings (SSSR count). The van der Waals surface area contributed by atoms with Crippen molar-refractivity contribution in [3.8, 4) is 0 Å². The molecule has 2 N–H and O–H groups in total. The highest BCUT2D eigenvalue weighted by atomic mass is 35.5. The van der Waals surface area contributed by atoms with Gasteiger partial charge in [-0.25, -0.2) is 4.79 Å². The predicted octanol–water partition coefficient (Wildman–Crippen LogP) is 3.84. The van der Waals surface area contributed by atoms with E-state index in [2.05, 4.69) is 15.7 Å². The van der Waals surface area contributed by atoms with Crippen molar-refractivity contribution in [3.63, 3.8) is 0 Å². The molecule has 0 bridgehead atoms. The van der Waals surface area contributed by atoms with Gasteiger partial charge >= 0.3 is 6.03 Å². The number of rotatable bonds is 6. The molecule has 2 aliphatic rings. The first-order valence-corrected chi connectivity index (χ1v) is 11.9. The maximum atomic E-state index is 12.9. The van der Waals surface area contributed by atoms with Gasteiger partial charge in [0, 0.05) is 43.1 Å². The third-order valence-corrected chi connectivity index (χ3v) is 7.04. The summed E-state index contributed by atoms with van der Waals surface area (Å²) in [6.07, 6.45) is 8.24. The van der Waals surface area contributed by atoms with E-state index in [0.717, 1.165) is 36.9 Å². The maximum absolute atomic E-state index is 12.9. The normalized spacial score (nSPS) is 18.5. The van der Waals surface area contributed by atoms with Crippen molar-refractivity contribution >= 4 is 23.5 Å². The number of benzene rings is 1. The van der Waals surface area contributed by atoms with Crippen LogP contribution in [0.5, 0.6) is 0 Å². The molecule has 2 heterocycles. The molecule has 1 saturated heterocycles. The topological polar surface area (TPSA) is 79.3 Å². The molecule has 2 fully saturated rings. The number of hydrogen-bond donors (Lipinski definition) is 2. The molecule has 1 aromatic carbocycles. The van der Waals surface area contributed by atoms with Gasteiger partial charge in [0.1, 0.15) is 0 Å². The van der Waals surface area contributed by atoms with Crippen LogP contribution in [0, 0.1) is 5.92 Å². The smallest absolute Gasteiger partial charge is 0.315 e. The van der Waals surface area contributed by atoms with Gasteiger partial charge < -0.3 is 15.5 Å². The number of carbonyl (C=O) groups excluding carboxylic acids is 2. The molecule has 1 aromatic heterocycles. The highest BCUT2D eigenvalue weighted by Gasteiger charge is 2.29. The lowest BCUT2D eigenvalue weighted by Crippen LogP contribution is -2.50. The van der Waals surface area contributed by atoms with Crippen LogP contribution in [0.1, 0.15) is 55.8 Å². The van der Waals surface area contributed by atoms with Crippen molar-refractivity contribution < 1.29 is 9.59 Å². The Balaban J connectivity index is 1.29. The number of aryl methyl sites for hydroxylation is 1. The van der Waals surface area contributed by atoms with E-state index in [1.165, 1.54) is 12.8 Å². The van der Waals surface area contributed by atoms with Crippen LogP contribution in [0.15, 0.2) is 36.5 Å². The Morgan fingerprint density at radius 3 is 2.56 bits per heavy atom. The van der Waals surface area contributed by atoms with E-state index in [1.807, 2.05) is 42.3 Å². The second-order valence-electron chi connectivity index (χ2n) is 8.97. The molecule has 1 atom stereocenters. The average Bonchev–Trinajstić information content (AvgIpc) is 3.45. The van der Waals surface area contributed by atoms with Crippen molar-refractivity contribution in [3.05, 3.63) is 52.8 Å². The van der Waals surface area contributed by atoms with E-state index < -0.39 is 0 Å². The minimum absolute atomic E-state index is 0.0308. The lowest BCUT2D eigenvalue weighted by molar-refractivity contribution is -0.131. The number of aromatic nitrogens is 2.